The van der Waals surface area contributed by atoms with Crippen molar-refractivity contribution in [2.45, 2.75) is 18.7 Å². The van der Waals surface area contributed by atoms with Crippen molar-refractivity contribution in [1.29, 1.82) is 0 Å². The lowest BCUT2D eigenvalue weighted by Crippen LogP contribution is -2.44. The minimum atomic E-state index is -0.927. The summed E-state index contributed by atoms with van der Waals surface area (Å²) >= 11 is 0. The normalized spacial score (nSPS) is 36.3. The summed E-state index contributed by atoms with van der Waals surface area (Å²) in [5, 5.41) is 0. The molecule has 1 fully saturated rings. The quantitative estimate of drug-likeness (QED) is 0.528. The molecule has 1 saturated heterocycles. The number of piperidine rings is 1. The van der Waals surface area contributed by atoms with Gasteiger partial charge in [-0.1, -0.05) is 0 Å². The summed E-state index contributed by atoms with van der Waals surface area (Å²) in [4.78, 5) is 6.38. The largest absolute Gasteiger partial charge is 0.303 e. The zero-order chi connectivity index (χ0) is 7.56. The van der Waals surface area contributed by atoms with Crippen molar-refractivity contribution in [1.82, 2.24) is 4.90 Å². The van der Waals surface area contributed by atoms with Crippen LogP contribution in [0.15, 0.2) is 0 Å². The highest BCUT2D eigenvalue weighted by molar-refractivity contribution is 4.78. The van der Waals surface area contributed by atoms with Gasteiger partial charge in [0, 0.05) is 13.1 Å². The number of nitrogens with zero attached hydrogens (tertiary/aromatic N) is 1. The van der Waals surface area contributed by atoms with Gasteiger partial charge in [0.1, 0.15) is 12.3 Å². The fourth-order valence-corrected chi connectivity index (χ4v) is 1.19. The fourth-order valence-electron chi connectivity index (χ4n) is 1.19. The minimum absolute atomic E-state index is 0.392. The highest BCUT2D eigenvalue weighted by Crippen LogP contribution is 2.13. The second-order valence-electron chi connectivity index (χ2n) is 2.74. The molecule has 0 amide bonds. The van der Waals surface area contributed by atoms with Gasteiger partial charge in [-0.2, -0.15) is 0 Å². The van der Waals surface area contributed by atoms with Crippen molar-refractivity contribution in [3.8, 4) is 0 Å². The van der Waals surface area contributed by atoms with Gasteiger partial charge in [-0.15, -0.1) is 0 Å². The molecule has 0 aromatic rings. The van der Waals surface area contributed by atoms with Crippen molar-refractivity contribution >= 4 is 0 Å². The highest BCUT2D eigenvalue weighted by Gasteiger charge is 2.27. The van der Waals surface area contributed by atoms with Crippen LogP contribution in [-0.4, -0.2) is 37.3 Å². The Morgan fingerprint density at radius 1 is 1.70 bits per heavy atom. The monoisotopic (exact) mass is 148 g/mol. The highest BCUT2D eigenvalue weighted by atomic mass is 19.1. The van der Waals surface area contributed by atoms with Crippen LogP contribution in [0.25, 0.3) is 0 Å². The minimum Gasteiger partial charge on any atom is -0.303 e. The number of halogens is 1. The van der Waals surface area contributed by atoms with Crippen molar-refractivity contribution in [3.05, 3.63) is 0 Å². The Hall–Kier alpha value is -0.190. The molecule has 3 nitrogen and oxygen atoms in total. The second kappa shape index (κ2) is 3.27. The van der Waals surface area contributed by atoms with Crippen LogP contribution in [0.3, 0.4) is 0 Å². The van der Waals surface area contributed by atoms with Crippen LogP contribution in [0.4, 0.5) is 4.39 Å². The number of hydrogen-bond donors (Lipinski definition) is 1. The average molecular weight is 148 g/mol. The van der Waals surface area contributed by atoms with E-state index in [0.29, 0.717) is 13.0 Å². The zero-order valence-electron chi connectivity index (χ0n) is 6.09. The summed E-state index contributed by atoms with van der Waals surface area (Å²) in [7, 11) is 1.89. The van der Waals surface area contributed by atoms with Crippen LogP contribution in [0.5, 0.6) is 0 Å². The molecule has 10 heavy (non-hydrogen) atoms. The van der Waals surface area contributed by atoms with Crippen LogP contribution in [-0.2, 0) is 4.84 Å². The lowest BCUT2D eigenvalue weighted by atomic mass is 10.1. The van der Waals surface area contributed by atoms with Gasteiger partial charge >= 0.3 is 0 Å². The summed E-state index contributed by atoms with van der Waals surface area (Å²) in [6.07, 6.45) is -0.631. The molecule has 0 spiro atoms. The number of hydrogen-bond acceptors (Lipinski definition) is 3. The molecular formula is C6H13FN2O. The standard InChI is InChI=1S/C6H13FN2O/c1-9-3-2-6(10-8)5(7)4-9/h5-6H,2-4,8H2,1H3/t5?,6-/m0/s1. The number of alkyl halides is 1. The Labute approximate surface area is 59.9 Å². The van der Waals surface area contributed by atoms with Gasteiger partial charge in [0.2, 0.25) is 0 Å². The van der Waals surface area contributed by atoms with E-state index in [1.165, 1.54) is 0 Å². The van der Waals surface area contributed by atoms with Gasteiger partial charge < -0.3 is 4.90 Å². The van der Waals surface area contributed by atoms with Crippen LogP contribution in [0, 0.1) is 0 Å². The van der Waals surface area contributed by atoms with Gasteiger partial charge in [-0.05, 0) is 13.5 Å². The lowest BCUT2D eigenvalue weighted by Gasteiger charge is -2.30. The molecule has 1 aliphatic rings. The molecule has 60 valence electrons. The van der Waals surface area contributed by atoms with Crippen LogP contribution >= 0.6 is 0 Å². The Morgan fingerprint density at radius 3 is 2.90 bits per heavy atom. The van der Waals surface area contributed by atoms with E-state index in [1.54, 1.807) is 0 Å². The first-order chi connectivity index (χ1) is 4.74. The zero-order valence-corrected chi connectivity index (χ0v) is 6.09. The van der Waals surface area contributed by atoms with E-state index in [4.69, 9.17) is 5.90 Å². The Bertz CT molecular complexity index is 112. The van der Waals surface area contributed by atoms with E-state index in [0.717, 1.165) is 6.54 Å². The third-order valence-corrected chi connectivity index (χ3v) is 1.86. The fraction of sp³-hybridized carbons (Fsp3) is 1.00. The molecule has 0 saturated carbocycles. The Morgan fingerprint density at radius 2 is 2.40 bits per heavy atom. The van der Waals surface area contributed by atoms with Crippen molar-refractivity contribution in [2.75, 3.05) is 20.1 Å². The van der Waals surface area contributed by atoms with E-state index in [-0.39, 0.29) is 0 Å². The maximum atomic E-state index is 12.9. The summed E-state index contributed by atoms with van der Waals surface area (Å²) in [5.74, 6) is 4.88. The Balaban J connectivity index is 2.36. The summed E-state index contributed by atoms with van der Waals surface area (Å²) in [5.41, 5.74) is 0. The predicted octanol–water partition coefficient (Wildman–Crippen LogP) is -0.0811. The Kier molecular flexibility index (Phi) is 2.59. The van der Waals surface area contributed by atoms with Gasteiger partial charge in [0.15, 0.2) is 0 Å². The third kappa shape index (κ3) is 1.65. The van der Waals surface area contributed by atoms with E-state index < -0.39 is 12.3 Å². The molecule has 0 aromatic carbocycles. The molecule has 0 aromatic heterocycles. The third-order valence-electron chi connectivity index (χ3n) is 1.86. The van der Waals surface area contributed by atoms with Crippen molar-refractivity contribution < 1.29 is 9.23 Å². The maximum Gasteiger partial charge on any atom is 0.141 e. The molecular weight excluding hydrogens is 135 g/mol. The number of likely N-dealkylation sites (tertiary alicyclic amines) is 1. The molecule has 2 N–H and O–H groups in total. The predicted molar refractivity (Wildman–Crippen MR) is 36.1 cm³/mol. The van der Waals surface area contributed by atoms with E-state index in [2.05, 4.69) is 4.84 Å². The number of nitrogens with two attached hydrogens (primary N) is 1. The number of rotatable bonds is 1. The lowest BCUT2D eigenvalue weighted by molar-refractivity contribution is -0.0426. The van der Waals surface area contributed by atoms with Crippen LogP contribution in [0.2, 0.25) is 0 Å². The molecule has 0 bridgehead atoms. The smallest absolute Gasteiger partial charge is 0.141 e. The molecule has 4 heteroatoms. The summed E-state index contributed by atoms with van der Waals surface area (Å²) < 4.78 is 12.9. The van der Waals surface area contributed by atoms with Crippen LogP contribution in [0.1, 0.15) is 6.42 Å². The van der Waals surface area contributed by atoms with Crippen molar-refractivity contribution in [2.24, 2.45) is 5.90 Å². The second-order valence-corrected chi connectivity index (χ2v) is 2.74. The van der Waals surface area contributed by atoms with E-state index in [9.17, 15) is 4.39 Å². The first kappa shape index (κ1) is 7.91. The maximum absolute atomic E-state index is 12.9. The van der Waals surface area contributed by atoms with E-state index in [1.807, 2.05) is 11.9 Å². The van der Waals surface area contributed by atoms with Crippen LogP contribution < -0.4 is 5.90 Å². The van der Waals surface area contributed by atoms with E-state index >= 15 is 0 Å². The SMILES string of the molecule is CN1CC[C@H](ON)C(F)C1. The molecule has 1 unspecified atom stereocenters. The van der Waals surface area contributed by atoms with Crippen molar-refractivity contribution in [3.63, 3.8) is 0 Å². The first-order valence-electron chi connectivity index (χ1n) is 3.42. The van der Waals surface area contributed by atoms with Gasteiger partial charge in [-0.3, -0.25) is 4.84 Å². The molecule has 1 rings (SSSR count). The molecule has 0 aliphatic carbocycles. The summed E-state index contributed by atoms with van der Waals surface area (Å²) in [6, 6.07) is 0. The van der Waals surface area contributed by atoms with Gasteiger partial charge in [0.05, 0.1) is 0 Å². The molecule has 2 atom stereocenters. The van der Waals surface area contributed by atoms with Gasteiger partial charge in [-0.25, -0.2) is 10.3 Å². The summed E-state index contributed by atoms with van der Waals surface area (Å²) in [6.45, 7) is 1.30. The average Bonchev–Trinajstić information content (AvgIpc) is 1.88. The molecule has 1 aliphatic heterocycles. The molecule has 0 radical (unpaired) electrons. The van der Waals surface area contributed by atoms with Gasteiger partial charge in [0.25, 0.3) is 0 Å². The topological polar surface area (TPSA) is 38.5 Å². The molecule has 1 heterocycles. The first-order valence-corrected chi connectivity index (χ1v) is 3.42.